The van der Waals surface area contributed by atoms with Gasteiger partial charge >= 0.3 is 5.63 Å². The maximum Gasteiger partial charge on any atom is 0.336 e. The van der Waals surface area contributed by atoms with Crippen molar-refractivity contribution in [1.82, 2.24) is 4.31 Å². The fourth-order valence-electron chi connectivity index (χ4n) is 3.12. The van der Waals surface area contributed by atoms with Gasteiger partial charge < -0.3 is 14.8 Å². The number of sulfonamides is 1. The lowest BCUT2D eigenvalue weighted by molar-refractivity contribution is 0.468. The number of nitrogens with zero attached hydrogens (tertiary/aromatic N) is 1. The summed E-state index contributed by atoms with van der Waals surface area (Å²) in [6, 6.07) is 7.90. The van der Waals surface area contributed by atoms with Gasteiger partial charge in [-0.25, -0.2) is 17.5 Å². The molecule has 3 rings (SSSR count). The highest BCUT2D eigenvalue weighted by atomic mass is 32.2. The van der Waals surface area contributed by atoms with Crippen molar-refractivity contribution in [3.8, 4) is 5.75 Å². The number of fused-ring (bicyclic) bond motifs is 1. The van der Waals surface area contributed by atoms with Crippen molar-refractivity contribution in [2.75, 3.05) is 19.4 Å². The van der Waals surface area contributed by atoms with Crippen LogP contribution in [-0.2, 0) is 16.6 Å². The molecule has 1 heterocycles. The van der Waals surface area contributed by atoms with Gasteiger partial charge in [-0.1, -0.05) is 0 Å². The molecule has 0 aliphatic rings. The molecule has 0 unspecified atom stereocenters. The summed E-state index contributed by atoms with van der Waals surface area (Å²) in [7, 11) is -0.591. The second-order valence-corrected chi connectivity index (χ2v) is 9.38. The van der Waals surface area contributed by atoms with Crippen molar-refractivity contribution >= 4 is 26.7 Å². The number of rotatable bonds is 5. The van der Waals surface area contributed by atoms with Gasteiger partial charge in [0, 0.05) is 43.3 Å². The predicted octanol–water partition coefficient (Wildman–Crippen LogP) is 3.29. The smallest absolute Gasteiger partial charge is 0.336 e. The molecule has 8 heteroatoms. The number of aryl methyl sites for hydroxylation is 2. The number of hydrogen-bond acceptors (Lipinski definition) is 6. The minimum atomic E-state index is -3.57. The topological polar surface area (TPSA) is 99.9 Å². The maximum atomic E-state index is 12.5. The molecule has 2 aromatic carbocycles. The zero-order chi connectivity index (χ0) is 21.5. The Hall–Kier alpha value is -2.84. The molecule has 29 heavy (non-hydrogen) atoms. The zero-order valence-corrected chi connectivity index (χ0v) is 17.8. The highest BCUT2D eigenvalue weighted by Crippen LogP contribution is 2.29. The molecule has 0 fully saturated rings. The first-order chi connectivity index (χ1) is 13.5. The SMILES string of the molecule is Cc1cc(S(=O)(=O)N(C)C)cc(NCc2cc(=O)oc3c(C)c(O)ccc23)c1C. The molecule has 0 saturated heterocycles. The van der Waals surface area contributed by atoms with Crippen molar-refractivity contribution in [2.24, 2.45) is 0 Å². The first-order valence-electron chi connectivity index (χ1n) is 9.05. The standard InChI is InChI=1S/C21H24N2O5S/c1-12-8-16(29(26,27)23(4)5)10-18(13(12)2)22-11-15-9-20(25)28-21-14(3)19(24)7-6-17(15)21/h6-10,22,24H,11H2,1-5H3. The first-order valence-corrected chi connectivity index (χ1v) is 10.5. The van der Waals surface area contributed by atoms with Crippen LogP contribution >= 0.6 is 0 Å². The third kappa shape index (κ3) is 3.86. The lowest BCUT2D eigenvalue weighted by Crippen LogP contribution is -2.22. The first kappa shape index (κ1) is 20.9. The predicted molar refractivity (Wildman–Crippen MR) is 113 cm³/mol. The third-order valence-corrected chi connectivity index (χ3v) is 6.90. The molecular formula is C21H24N2O5S. The summed E-state index contributed by atoms with van der Waals surface area (Å²) in [6.45, 7) is 5.73. The largest absolute Gasteiger partial charge is 0.508 e. The van der Waals surface area contributed by atoms with Crippen LogP contribution in [0.3, 0.4) is 0 Å². The van der Waals surface area contributed by atoms with Gasteiger partial charge in [-0.2, -0.15) is 0 Å². The molecule has 3 aromatic rings. The lowest BCUT2D eigenvalue weighted by atomic mass is 10.1. The molecule has 2 N–H and O–H groups in total. The van der Waals surface area contributed by atoms with Crippen LogP contribution in [0.15, 0.2) is 44.4 Å². The van der Waals surface area contributed by atoms with Crippen LogP contribution in [0, 0.1) is 20.8 Å². The molecule has 0 amide bonds. The fourth-order valence-corrected chi connectivity index (χ4v) is 4.14. The second kappa shape index (κ2) is 7.53. The molecule has 0 radical (unpaired) electrons. The summed E-state index contributed by atoms with van der Waals surface area (Å²) >= 11 is 0. The van der Waals surface area contributed by atoms with E-state index in [0.29, 0.717) is 27.8 Å². The third-order valence-electron chi connectivity index (χ3n) is 5.11. The summed E-state index contributed by atoms with van der Waals surface area (Å²) in [6.07, 6.45) is 0. The monoisotopic (exact) mass is 416 g/mol. The van der Waals surface area contributed by atoms with Crippen LogP contribution in [0.1, 0.15) is 22.3 Å². The number of aromatic hydroxyl groups is 1. The van der Waals surface area contributed by atoms with Gasteiger partial charge in [-0.3, -0.25) is 0 Å². The minimum absolute atomic E-state index is 0.0545. The highest BCUT2D eigenvalue weighted by molar-refractivity contribution is 7.89. The number of benzene rings is 2. The van der Waals surface area contributed by atoms with E-state index in [2.05, 4.69) is 5.32 Å². The summed E-state index contributed by atoms with van der Waals surface area (Å²) < 4.78 is 31.5. The summed E-state index contributed by atoms with van der Waals surface area (Å²) in [4.78, 5) is 12.2. The van der Waals surface area contributed by atoms with E-state index < -0.39 is 15.6 Å². The van der Waals surface area contributed by atoms with Crippen LogP contribution in [0.2, 0.25) is 0 Å². The molecule has 0 aliphatic heterocycles. The van der Waals surface area contributed by atoms with E-state index in [1.54, 1.807) is 31.2 Å². The fraction of sp³-hybridized carbons (Fsp3) is 0.286. The normalized spacial score (nSPS) is 11.9. The Morgan fingerprint density at radius 1 is 1.07 bits per heavy atom. The van der Waals surface area contributed by atoms with Gasteiger partial charge in [-0.15, -0.1) is 0 Å². The summed E-state index contributed by atoms with van der Waals surface area (Å²) in [5.41, 5.74) is 3.44. The van der Waals surface area contributed by atoms with Gasteiger partial charge in [0.2, 0.25) is 10.0 Å². The van der Waals surface area contributed by atoms with Gasteiger partial charge in [0.15, 0.2) is 0 Å². The molecule has 154 valence electrons. The average Bonchev–Trinajstić information content (AvgIpc) is 2.65. The van der Waals surface area contributed by atoms with E-state index >= 15 is 0 Å². The number of phenolic OH excluding ortho intramolecular Hbond substituents is 1. The van der Waals surface area contributed by atoms with E-state index in [0.717, 1.165) is 11.1 Å². The highest BCUT2D eigenvalue weighted by Gasteiger charge is 2.19. The van der Waals surface area contributed by atoms with Crippen LogP contribution < -0.4 is 10.9 Å². The van der Waals surface area contributed by atoms with Gasteiger partial charge in [0.1, 0.15) is 11.3 Å². The lowest BCUT2D eigenvalue weighted by Gasteiger charge is -2.17. The second-order valence-electron chi connectivity index (χ2n) is 7.23. The van der Waals surface area contributed by atoms with E-state index in [4.69, 9.17) is 4.42 Å². The van der Waals surface area contributed by atoms with Crippen LogP contribution in [0.25, 0.3) is 11.0 Å². The molecule has 1 aromatic heterocycles. The Morgan fingerprint density at radius 2 is 1.76 bits per heavy atom. The molecular weight excluding hydrogens is 392 g/mol. The minimum Gasteiger partial charge on any atom is -0.508 e. The Balaban J connectivity index is 2.04. The van der Waals surface area contributed by atoms with Crippen molar-refractivity contribution in [3.63, 3.8) is 0 Å². The Morgan fingerprint density at radius 3 is 2.41 bits per heavy atom. The zero-order valence-electron chi connectivity index (χ0n) is 17.0. The van der Waals surface area contributed by atoms with Crippen LogP contribution in [0.5, 0.6) is 5.75 Å². The Labute approximate surface area is 169 Å². The number of phenols is 1. The van der Waals surface area contributed by atoms with Crippen molar-refractivity contribution < 1.29 is 17.9 Å². The molecule has 0 spiro atoms. The average molecular weight is 416 g/mol. The molecule has 0 bridgehead atoms. The van der Waals surface area contributed by atoms with Gasteiger partial charge in [-0.05, 0) is 61.7 Å². The molecule has 0 saturated carbocycles. The number of hydrogen-bond donors (Lipinski definition) is 2. The number of nitrogens with one attached hydrogen (secondary N) is 1. The quantitative estimate of drug-likeness (QED) is 0.619. The number of anilines is 1. The molecule has 0 atom stereocenters. The Kier molecular flexibility index (Phi) is 5.42. The van der Waals surface area contributed by atoms with Gasteiger partial charge in [0.25, 0.3) is 0 Å². The summed E-state index contributed by atoms with van der Waals surface area (Å²) in [5, 5.41) is 13.8. The molecule has 7 nitrogen and oxygen atoms in total. The molecule has 0 aliphatic carbocycles. The van der Waals surface area contributed by atoms with Crippen molar-refractivity contribution in [1.29, 1.82) is 0 Å². The van der Waals surface area contributed by atoms with Crippen LogP contribution in [-0.4, -0.2) is 31.9 Å². The Bertz CT molecular complexity index is 1260. The van der Waals surface area contributed by atoms with Crippen molar-refractivity contribution in [3.05, 3.63) is 63.0 Å². The van der Waals surface area contributed by atoms with E-state index in [1.807, 2.05) is 13.8 Å². The van der Waals surface area contributed by atoms with Crippen molar-refractivity contribution in [2.45, 2.75) is 32.2 Å². The van der Waals surface area contributed by atoms with Crippen LogP contribution in [0.4, 0.5) is 5.69 Å². The van der Waals surface area contributed by atoms with E-state index in [9.17, 15) is 18.3 Å². The van der Waals surface area contributed by atoms with E-state index in [-0.39, 0.29) is 17.2 Å². The van der Waals surface area contributed by atoms with E-state index in [1.165, 1.54) is 24.5 Å². The maximum absolute atomic E-state index is 12.5. The van der Waals surface area contributed by atoms with Gasteiger partial charge in [0.05, 0.1) is 4.90 Å². The summed E-state index contributed by atoms with van der Waals surface area (Å²) in [5.74, 6) is 0.0545.